The molecule has 3 heterocycles. The summed E-state index contributed by atoms with van der Waals surface area (Å²) in [6.07, 6.45) is 3.02. The van der Waals surface area contributed by atoms with Gasteiger partial charge in [-0.05, 0) is 44.0 Å². The van der Waals surface area contributed by atoms with Gasteiger partial charge in [0.25, 0.3) is 0 Å². The van der Waals surface area contributed by atoms with E-state index in [2.05, 4.69) is 22.0 Å². The van der Waals surface area contributed by atoms with Crippen LogP contribution in [0.5, 0.6) is 0 Å². The van der Waals surface area contributed by atoms with Crippen LogP contribution in [0.25, 0.3) is 0 Å². The van der Waals surface area contributed by atoms with Crippen LogP contribution in [0, 0.1) is 0 Å². The molecule has 4 rings (SSSR count). The summed E-state index contributed by atoms with van der Waals surface area (Å²) >= 11 is 6.52. The zero-order valence-corrected chi connectivity index (χ0v) is 18.7. The third-order valence-electron chi connectivity index (χ3n) is 7.15. The highest BCUT2D eigenvalue weighted by Crippen LogP contribution is 2.45. The van der Waals surface area contributed by atoms with E-state index < -0.39 is 5.41 Å². The number of carbonyl (C=O) groups excluding carboxylic acids is 2. The average molecular weight is 433 g/mol. The van der Waals surface area contributed by atoms with Gasteiger partial charge in [0.2, 0.25) is 11.8 Å². The lowest BCUT2D eigenvalue weighted by Crippen LogP contribution is -2.48. The quantitative estimate of drug-likeness (QED) is 0.670. The van der Waals surface area contributed by atoms with Crippen molar-refractivity contribution in [2.24, 2.45) is 0 Å². The summed E-state index contributed by atoms with van der Waals surface area (Å²) in [4.78, 5) is 32.6. The van der Waals surface area contributed by atoms with E-state index in [-0.39, 0.29) is 17.9 Å². The summed E-state index contributed by atoms with van der Waals surface area (Å²) in [5.74, 6) is 0.168. The summed E-state index contributed by atoms with van der Waals surface area (Å²) in [5.41, 5.74) is 0.105. The van der Waals surface area contributed by atoms with Gasteiger partial charge in [-0.15, -0.1) is 0 Å². The van der Waals surface area contributed by atoms with Crippen molar-refractivity contribution in [2.75, 3.05) is 52.4 Å². The van der Waals surface area contributed by atoms with Gasteiger partial charge in [-0.25, -0.2) is 0 Å². The number of hydrogen-bond acceptors (Lipinski definition) is 4. The summed E-state index contributed by atoms with van der Waals surface area (Å²) in [6, 6.07) is 7.75. The van der Waals surface area contributed by atoms with Crippen LogP contribution in [-0.4, -0.2) is 84.9 Å². The van der Waals surface area contributed by atoms with Gasteiger partial charge in [-0.3, -0.25) is 9.59 Å². The largest absolute Gasteiger partial charge is 0.355 e. The van der Waals surface area contributed by atoms with Gasteiger partial charge < -0.3 is 20.0 Å². The Bertz CT molecular complexity index is 780. The molecule has 6 nitrogen and oxygen atoms in total. The van der Waals surface area contributed by atoms with Crippen LogP contribution in [0.2, 0.25) is 5.02 Å². The molecule has 0 radical (unpaired) electrons. The normalized spacial score (nSPS) is 27.5. The molecule has 0 aromatic heterocycles. The Labute approximate surface area is 184 Å². The second-order valence-corrected chi connectivity index (χ2v) is 9.27. The second kappa shape index (κ2) is 9.25. The maximum absolute atomic E-state index is 13.5. The first-order valence-electron chi connectivity index (χ1n) is 11.3. The molecule has 3 aliphatic rings. The van der Waals surface area contributed by atoms with Crippen LogP contribution >= 0.6 is 11.6 Å². The molecule has 0 unspecified atom stereocenters. The van der Waals surface area contributed by atoms with Gasteiger partial charge in [0.1, 0.15) is 0 Å². The maximum Gasteiger partial charge on any atom is 0.232 e. The van der Waals surface area contributed by atoms with Gasteiger partial charge in [0.05, 0.1) is 5.41 Å². The van der Waals surface area contributed by atoms with Crippen molar-refractivity contribution in [3.05, 3.63) is 34.9 Å². The van der Waals surface area contributed by atoms with E-state index in [9.17, 15) is 9.59 Å². The van der Waals surface area contributed by atoms with Crippen molar-refractivity contribution in [3.8, 4) is 0 Å². The van der Waals surface area contributed by atoms with Crippen molar-refractivity contribution in [1.29, 1.82) is 0 Å². The molecule has 1 N–H and O–H groups in total. The van der Waals surface area contributed by atoms with E-state index in [4.69, 9.17) is 11.6 Å². The number of likely N-dealkylation sites (N-methyl/N-ethyl adjacent to an activating group) is 1. The molecule has 2 amide bonds. The molecule has 3 fully saturated rings. The lowest BCUT2D eigenvalue weighted by molar-refractivity contribution is -0.129. The third-order valence-corrected chi connectivity index (χ3v) is 7.48. The number of amides is 2. The Morgan fingerprint density at radius 2 is 1.93 bits per heavy atom. The minimum Gasteiger partial charge on any atom is -0.355 e. The molecule has 30 heavy (non-hydrogen) atoms. The number of halogens is 1. The minimum atomic E-state index is -0.744. The lowest BCUT2D eigenvalue weighted by Gasteiger charge is -2.34. The predicted molar refractivity (Wildman–Crippen MR) is 119 cm³/mol. The van der Waals surface area contributed by atoms with Gasteiger partial charge >= 0.3 is 0 Å². The van der Waals surface area contributed by atoms with Gasteiger partial charge in [-0.2, -0.15) is 0 Å². The molecule has 0 spiro atoms. The van der Waals surface area contributed by atoms with Crippen molar-refractivity contribution in [1.82, 2.24) is 20.0 Å². The van der Waals surface area contributed by atoms with Gasteiger partial charge in [0, 0.05) is 56.8 Å². The average Bonchev–Trinajstić information content (AvgIpc) is 3.31. The second-order valence-electron chi connectivity index (χ2n) is 8.87. The molecule has 0 aliphatic carbocycles. The number of benzene rings is 1. The highest BCUT2D eigenvalue weighted by Gasteiger charge is 2.54. The Hall–Kier alpha value is -1.63. The molecule has 3 saturated heterocycles. The Balaban J connectivity index is 1.38. The smallest absolute Gasteiger partial charge is 0.232 e. The summed E-state index contributed by atoms with van der Waals surface area (Å²) in [5, 5.41) is 3.79. The molecule has 7 heteroatoms. The molecule has 0 bridgehead atoms. The Morgan fingerprint density at radius 3 is 2.63 bits per heavy atom. The monoisotopic (exact) mass is 432 g/mol. The fourth-order valence-electron chi connectivity index (χ4n) is 5.31. The molecular formula is C23H33ClN4O2. The van der Waals surface area contributed by atoms with Crippen molar-refractivity contribution in [3.63, 3.8) is 0 Å². The SMILES string of the molecule is CCN1CCN(CCCNC(=O)[C@]2(c3ccccc3Cl)C[C@@H]3CCC(=O)N3C2)CC1. The summed E-state index contributed by atoms with van der Waals surface area (Å²) in [7, 11) is 0. The van der Waals surface area contributed by atoms with E-state index in [1.54, 1.807) is 0 Å². The van der Waals surface area contributed by atoms with Crippen LogP contribution in [-0.2, 0) is 15.0 Å². The molecule has 164 valence electrons. The lowest BCUT2D eigenvalue weighted by atomic mass is 9.76. The third kappa shape index (κ3) is 4.23. The van der Waals surface area contributed by atoms with E-state index in [0.29, 0.717) is 31.0 Å². The van der Waals surface area contributed by atoms with Crippen LogP contribution in [0.15, 0.2) is 24.3 Å². The van der Waals surface area contributed by atoms with Crippen LogP contribution in [0.1, 0.15) is 38.2 Å². The number of hydrogen-bond donors (Lipinski definition) is 1. The van der Waals surface area contributed by atoms with Crippen LogP contribution in [0.4, 0.5) is 0 Å². The van der Waals surface area contributed by atoms with Gasteiger partial charge in [0.15, 0.2) is 0 Å². The highest BCUT2D eigenvalue weighted by molar-refractivity contribution is 6.31. The first-order valence-corrected chi connectivity index (χ1v) is 11.7. The molecule has 3 aliphatic heterocycles. The topological polar surface area (TPSA) is 55.9 Å². The van der Waals surface area contributed by atoms with E-state index in [1.165, 1.54) is 0 Å². The van der Waals surface area contributed by atoms with E-state index >= 15 is 0 Å². The molecule has 2 atom stereocenters. The molecule has 1 aromatic carbocycles. The van der Waals surface area contributed by atoms with Crippen LogP contribution in [0.3, 0.4) is 0 Å². The van der Waals surface area contributed by atoms with Crippen molar-refractivity contribution in [2.45, 2.75) is 44.1 Å². The van der Waals surface area contributed by atoms with E-state index in [1.807, 2.05) is 29.2 Å². The van der Waals surface area contributed by atoms with E-state index in [0.717, 1.165) is 57.7 Å². The van der Waals surface area contributed by atoms with Crippen LogP contribution < -0.4 is 5.32 Å². The number of rotatable bonds is 7. The number of piperazine rings is 1. The minimum absolute atomic E-state index is 0.00797. The first kappa shape index (κ1) is 21.6. The zero-order chi connectivity index (χ0) is 21.1. The number of nitrogens with one attached hydrogen (secondary N) is 1. The Kier molecular flexibility index (Phi) is 6.66. The fraction of sp³-hybridized carbons (Fsp3) is 0.652. The predicted octanol–water partition coefficient (Wildman–Crippen LogP) is 2.12. The molecule has 1 aromatic rings. The Morgan fingerprint density at radius 1 is 1.20 bits per heavy atom. The zero-order valence-electron chi connectivity index (χ0n) is 17.9. The summed E-state index contributed by atoms with van der Waals surface area (Å²) < 4.78 is 0. The fourth-order valence-corrected chi connectivity index (χ4v) is 5.63. The van der Waals surface area contributed by atoms with Crippen molar-refractivity contribution < 1.29 is 9.59 Å². The number of nitrogens with zero attached hydrogens (tertiary/aromatic N) is 3. The molecule has 0 saturated carbocycles. The standard InChI is InChI=1S/C23H33ClN4O2/c1-2-26-12-14-27(15-13-26)11-5-10-25-22(30)23(19-6-3-4-7-20(19)24)16-18-8-9-21(29)28(18)17-23/h3-4,6-7,18H,2,5,8-17H2,1H3,(H,25,30)/t18-,23+/m0/s1. The van der Waals surface area contributed by atoms with Gasteiger partial charge in [-0.1, -0.05) is 36.7 Å². The van der Waals surface area contributed by atoms with Crippen molar-refractivity contribution >= 4 is 23.4 Å². The maximum atomic E-state index is 13.5. The number of fused-ring (bicyclic) bond motifs is 1. The molecular weight excluding hydrogens is 400 g/mol. The number of carbonyl (C=O) groups is 2. The summed E-state index contributed by atoms with van der Waals surface area (Å²) in [6.45, 7) is 9.88. The first-order chi connectivity index (χ1) is 14.5. The highest BCUT2D eigenvalue weighted by atomic mass is 35.5.